The first kappa shape index (κ1) is 28.9. The SMILES string of the molecule is COc1ccc2cc1OCC(=O)NCc1ccc(cc1)O[C@H]1CN(C(=O)CCS(=O)(=O)c3ccccc3)C[C@@H]1NC2=O. The molecule has 3 aromatic rings. The summed E-state index contributed by atoms with van der Waals surface area (Å²) < 4.78 is 42.6. The average molecular weight is 594 g/mol. The van der Waals surface area contributed by atoms with Gasteiger partial charge in [0, 0.05) is 25.1 Å². The van der Waals surface area contributed by atoms with Crippen molar-refractivity contribution in [3.05, 3.63) is 83.9 Å². The number of hydrogen-bond acceptors (Lipinski definition) is 8. The zero-order valence-electron chi connectivity index (χ0n) is 22.9. The van der Waals surface area contributed by atoms with Crippen molar-refractivity contribution in [2.45, 2.75) is 30.0 Å². The number of sulfone groups is 1. The second-order valence-corrected chi connectivity index (χ2v) is 12.1. The lowest BCUT2D eigenvalue weighted by molar-refractivity contribution is -0.130. The minimum Gasteiger partial charge on any atom is -0.493 e. The van der Waals surface area contributed by atoms with Gasteiger partial charge in [-0.1, -0.05) is 30.3 Å². The Morgan fingerprint density at radius 2 is 1.79 bits per heavy atom. The highest BCUT2D eigenvalue weighted by atomic mass is 32.2. The van der Waals surface area contributed by atoms with Gasteiger partial charge in [0.25, 0.3) is 11.8 Å². The van der Waals surface area contributed by atoms with Crippen LogP contribution in [0.3, 0.4) is 0 Å². The fourth-order valence-electron chi connectivity index (χ4n) is 4.80. The molecular weight excluding hydrogens is 562 g/mol. The molecule has 0 aliphatic carbocycles. The molecule has 3 aliphatic rings. The number of ether oxygens (including phenoxy) is 3. The van der Waals surface area contributed by atoms with E-state index in [1.54, 1.807) is 54.6 Å². The monoisotopic (exact) mass is 593 g/mol. The molecule has 220 valence electrons. The third-order valence-electron chi connectivity index (χ3n) is 7.11. The van der Waals surface area contributed by atoms with E-state index in [4.69, 9.17) is 14.2 Å². The molecule has 0 aromatic heterocycles. The third-order valence-corrected chi connectivity index (χ3v) is 8.84. The van der Waals surface area contributed by atoms with E-state index in [-0.39, 0.29) is 66.4 Å². The highest BCUT2D eigenvalue weighted by Gasteiger charge is 2.38. The van der Waals surface area contributed by atoms with Crippen LogP contribution in [-0.2, 0) is 26.0 Å². The molecule has 0 radical (unpaired) electrons. The van der Waals surface area contributed by atoms with E-state index in [0.29, 0.717) is 11.5 Å². The lowest BCUT2D eigenvalue weighted by Crippen LogP contribution is -2.45. The van der Waals surface area contributed by atoms with Crippen LogP contribution >= 0.6 is 0 Å². The summed E-state index contributed by atoms with van der Waals surface area (Å²) in [6.07, 6.45) is -0.802. The van der Waals surface area contributed by atoms with E-state index in [1.165, 1.54) is 30.2 Å². The summed E-state index contributed by atoms with van der Waals surface area (Å²) in [5.74, 6) is -0.357. The molecule has 0 saturated carbocycles. The van der Waals surface area contributed by atoms with Crippen molar-refractivity contribution in [3.8, 4) is 17.2 Å². The largest absolute Gasteiger partial charge is 0.493 e. The number of likely N-dealkylation sites (tertiary alicyclic amines) is 1. The number of nitrogens with zero attached hydrogens (tertiary/aromatic N) is 1. The Morgan fingerprint density at radius 3 is 2.52 bits per heavy atom. The van der Waals surface area contributed by atoms with Gasteiger partial charge < -0.3 is 29.7 Å². The first-order valence-electron chi connectivity index (χ1n) is 13.4. The minimum atomic E-state index is -3.63. The zero-order chi connectivity index (χ0) is 29.7. The molecule has 42 heavy (non-hydrogen) atoms. The quantitative estimate of drug-likeness (QED) is 0.458. The molecule has 0 unspecified atom stereocenters. The van der Waals surface area contributed by atoms with Crippen molar-refractivity contribution in [3.63, 3.8) is 0 Å². The second kappa shape index (κ2) is 12.5. The van der Waals surface area contributed by atoms with Gasteiger partial charge in [0.05, 0.1) is 30.3 Å². The van der Waals surface area contributed by atoms with Crippen molar-refractivity contribution < 1.29 is 37.0 Å². The molecule has 0 spiro atoms. The summed E-state index contributed by atoms with van der Waals surface area (Å²) in [5, 5.41) is 5.73. The Bertz CT molecular complexity index is 1560. The van der Waals surface area contributed by atoms with Gasteiger partial charge >= 0.3 is 0 Å². The summed E-state index contributed by atoms with van der Waals surface area (Å²) in [6.45, 7) is 0.297. The van der Waals surface area contributed by atoms with Gasteiger partial charge in [-0.15, -0.1) is 0 Å². The van der Waals surface area contributed by atoms with E-state index < -0.39 is 27.9 Å². The molecule has 2 atom stereocenters. The predicted molar refractivity (Wildman–Crippen MR) is 152 cm³/mol. The molecule has 1 saturated heterocycles. The second-order valence-electron chi connectivity index (χ2n) is 9.99. The first-order valence-corrected chi connectivity index (χ1v) is 15.1. The highest BCUT2D eigenvalue weighted by Crippen LogP contribution is 2.29. The van der Waals surface area contributed by atoms with E-state index in [1.807, 2.05) is 0 Å². The number of amides is 3. The van der Waals surface area contributed by atoms with Crippen molar-refractivity contribution in [1.29, 1.82) is 0 Å². The molecule has 3 aliphatic heterocycles. The van der Waals surface area contributed by atoms with Gasteiger partial charge in [-0.3, -0.25) is 14.4 Å². The molecule has 6 rings (SSSR count). The van der Waals surface area contributed by atoms with Crippen molar-refractivity contribution in [1.82, 2.24) is 15.5 Å². The van der Waals surface area contributed by atoms with Crippen molar-refractivity contribution in [2.75, 3.05) is 32.6 Å². The van der Waals surface area contributed by atoms with Gasteiger partial charge in [0.1, 0.15) is 11.9 Å². The number of rotatable bonds is 5. The van der Waals surface area contributed by atoms with Gasteiger partial charge in [0.2, 0.25) is 5.91 Å². The first-order chi connectivity index (χ1) is 20.2. The Hall–Kier alpha value is -4.58. The van der Waals surface area contributed by atoms with Crippen molar-refractivity contribution >= 4 is 27.6 Å². The maximum atomic E-state index is 13.3. The normalized spacial score (nSPS) is 19.0. The van der Waals surface area contributed by atoms with Gasteiger partial charge in [-0.2, -0.15) is 0 Å². The lowest BCUT2D eigenvalue weighted by Gasteiger charge is -2.21. The number of carbonyl (C=O) groups is 3. The van der Waals surface area contributed by atoms with Gasteiger partial charge in [-0.05, 0) is 48.0 Å². The van der Waals surface area contributed by atoms with Crippen LogP contribution in [0.2, 0.25) is 0 Å². The number of benzene rings is 3. The number of hydrogen-bond donors (Lipinski definition) is 2. The van der Waals surface area contributed by atoms with Gasteiger partial charge in [0.15, 0.2) is 27.9 Å². The van der Waals surface area contributed by atoms with Crippen LogP contribution in [0, 0.1) is 0 Å². The fraction of sp³-hybridized carbons (Fsp3) is 0.300. The Balaban J connectivity index is 1.36. The molecule has 11 nitrogen and oxygen atoms in total. The summed E-state index contributed by atoms with van der Waals surface area (Å²) in [5.41, 5.74) is 1.10. The van der Waals surface area contributed by atoms with E-state index in [9.17, 15) is 22.8 Å². The molecule has 4 bridgehead atoms. The number of carbonyl (C=O) groups excluding carboxylic acids is 3. The standard InChI is InChI=1S/C30H31N3O8S/c1-39-25-12-9-21-15-26(25)40-19-28(34)31-16-20-7-10-22(11-8-20)41-27-18-33(17-24(27)32-30(21)36)29(35)13-14-42(37,38)23-5-3-2-4-6-23/h2-12,15,24,27H,13-14,16-19H2,1H3,(H,31,34)(H,32,36)/t24-,27-/m0/s1. The van der Waals surface area contributed by atoms with E-state index in [2.05, 4.69) is 10.6 Å². The molecule has 12 heteroatoms. The Kier molecular flexibility index (Phi) is 8.62. The van der Waals surface area contributed by atoms with Crippen LogP contribution in [0.5, 0.6) is 17.2 Å². The Labute approximate surface area is 243 Å². The minimum absolute atomic E-state index is 0.136. The van der Waals surface area contributed by atoms with Crippen LogP contribution in [0.15, 0.2) is 77.7 Å². The van der Waals surface area contributed by atoms with Crippen LogP contribution in [0.1, 0.15) is 22.3 Å². The van der Waals surface area contributed by atoms with E-state index >= 15 is 0 Å². The molecule has 3 amide bonds. The highest BCUT2D eigenvalue weighted by molar-refractivity contribution is 7.91. The maximum Gasteiger partial charge on any atom is 0.258 e. The van der Waals surface area contributed by atoms with Crippen LogP contribution in [0.25, 0.3) is 0 Å². The predicted octanol–water partition coefficient (Wildman–Crippen LogP) is 1.96. The van der Waals surface area contributed by atoms with Crippen LogP contribution in [-0.4, -0.2) is 75.7 Å². The van der Waals surface area contributed by atoms with Gasteiger partial charge in [-0.25, -0.2) is 8.42 Å². The van der Waals surface area contributed by atoms with Crippen molar-refractivity contribution in [2.24, 2.45) is 0 Å². The fourth-order valence-corrected chi connectivity index (χ4v) is 6.05. The molecule has 3 aromatic carbocycles. The lowest BCUT2D eigenvalue weighted by atomic mass is 10.1. The molecule has 1 fully saturated rings. The zero-order valence-corrected chi connectivity index (χ0v) is 23.8. The summed E-state index contributed by atoms with van der Waals surface area (Å²) >= 11 is 0. The Morgan fingerprint density at radius 1 is 1.02 bits per heavy atom. The summed E-state index contributed by atoms with van der Waals surface area (Å²) in [7, 11) is -2.18. The van der Waals surface area contributed by atoms with Crippen LogP contribution in [0.4, 0.5) is 0 Å². The number of nitrogens with one attached hydrogen (secondary N) is 2. The number of methoxy groups -OCH3 is 1. The molecular formula is C30H31N3O8S. The maximum absolute atomic E-state index is 13.3. The topological polar surface area (TPSA) is 140 Å². The van der Waals surface area contributed by atoms with Crippen LogP contribution < -0.4 is 24.8 Å². The smallest absolute Gasteiger partial charge is 0.258 e. The van der Waals surface area contributed by atoms with E-state index in [0.717, 1.165) is 5.56 Å². The summed E-state index contributed by atoms with van der Waals surface area (Å²) in [4.78, 5) is 40.5. The number of fused-ring (bicyclic) bond motifs is 7. The average Bonchev–Trinajstić information content (AvgIpc) is 3.40. The third kappa shape index (κ3) is 6.82. The summed E-state index contributed by atoms with van der Waals surface area (Å²) in [6, 6.07) is 19.1. The molecule has 2 N–H and O–H groups in total. The molecule has 3 heterocycles.